The Balaban J connectivity index is 2.88. The van der Waals surface area contributed by atoms with Crippen LogP contribution in [0.4, 0.5) is 8.78 Å². The minimum absolute atomic E-state index is 0.178. The number of halogens is 3. The number of pyridine rings is 1. The van der Waals surface area contributed by atoms with Crippen molar-refractivity contribution in [3.05, 3.63) is 29.0 Å². The molecule has 0 radical (unpaired) electrons. The summed E-state index contributed by atoms with van der Waals surface area (Å²) in [5, 5.41) is 8.65. The van der Waals surface area contributed by atoms with Crippen molar-refractivity contribution in [1.29, 1.82) is 0 Å². The molecule has 15 heavy (non-hydrogen) atoms. The molecule has 0 fully saturated rings. The summed E-state index contributed by atoms with van der Waals surface area (Å²) in [6.45, 7) is 0. The quantitative estimate of drug-likeness (QED) is 0.816. The highest BCUT2D eigenvalue weighted by Gasteiger charge is 2.25. The first-order valence-corrected chi connectivity index (χ1v) is 4.50. The SMILES string of the molecule is O=C(O)CC(c1ccc(Cl)nc1)C(F)F. The zero-order chi connectivity index (χ0) is 11.4. The van der Waals surface area contributed by atoms with Gasteiger partial charge in [0.05, 0.1) is 12.3 Å². The molecule has 1 aromatic heterocycles. The first-order chi connectivity index (χ1) is 7.00. The summed E-state index contributed by atoms with van der Waals surface area (Å²) in [6, 6.07) is 2.71. The van der Waals surface area contributed by atoms with Gasteiger partial charge in [0, 0.05) is 6.20 Å². The topological polar surface area (TPSA) is 50.2 Å². The summed E-state index contributed by atoms with van der Waals surface area (Å²) in [5.41, 5.74) is 0.178. The van der Waals surface area contributed by atoms with Gasteiger partial charge < -0.3 is 5.11 Å². The molecule has 0 saturated heterocycles. The van der Waals surface area contributed by atoms with E-state index in [0.717, 1.165) is 0 Å². The molecule has 0 spiro atoms. The fourth-order valence-electron chi connectivity index (χ4n) is 1.15. The van der Waals surface area contributed by atoms with Gasteiger partial charge in [-0.05, 0) is 11.6 Å². The third kappa shape index (κ3) is 3.43. The lowest BCUT2D eigenvalue weighted by Gasteiger charge is -2.13. The van der Waals surface area contributed by atoms with Crippen molar-refractivity contribution in [1.82, 2.24) is 4.98 Å². The highest BCUT2D eigenvalue weighted by molar-refractivity contribution is 6.29. The number of hydrogen-bond acceptors (Lipinski definition) is 2. The molecule has 0 aliphatic carbocycles. The van der Waals surface area contributed by atoms with Crippen LogP contribution in [0.2, 0.25) is 5.15 Å². The number of hydrogen-bond donors (Lipinski definition) is 1. The molecule has 1 N–H and O–H groups in total. The molecule has 0 aromatic carbocycles. The second-order valence-electron chi connectivity index (χ2n) is 2.95. The zero-order valence-corrected chi connectivity index (χ0v) is 8.29. The maximum atomic E-state index is 12.5. The van der Waals surface area contributed by atoms with Gasteiger partial charge in [-0.2, -0.15) is 0 Å². The van der Waals surface area contributed by atoms with E-state index in [1.165, 1.54) is 18.3 Å². The molecule has 1 aromatic rings. The number of nitrogens with zero attached hydrogens (tertiary/aromatic N) is 1. The molecule has 1 atom stereocenters. The summed E-state index contributed by atoms with van der Waals surface area (Å²) in [7, 11) is 0. The fourth-order valence-corrected chi connectivity index (χ4v) is 1.26. The van der Waals surface area contributed by atoms with Crippen LogP contribution < -0.4 is 0 Å². The third-order valence-electron chi connectivity index (χ3n) is 1.88. The van der Waals surface area contributed by atoms with Crippen LogP contribution in [-0.2, 0) is 4.79 Å². The van der Waals surface area contributed by atoms with Gasteiger partial charge in [0.15, 0.2) is 0 Å². The summed E-state index contributed by atoms with van der Waals surface area (Å²) in [5.74, 6) is -2.61. The number of aromatic nitrogens is 1. The molecule has 1 heterocycles. The number of alkyl halides is 2. The Morgan fingerprint density at radius 1 is 1.53 bits per heavy atom. The Morgan fingerprint density at radius 3 is 2.60 bits per heavy atom. The van der Waals surface area contributed by atoms with Gasteiger partial charge in [0.25, 0.3) is 0 Å². The normalized spacial score (nSPS) is 12.8. The van der Waals surface area contributed by atoms with Crippen molar-refractivity contribution in [3.8, 4) is 0 Å². The minimum atomic E-state index is -2.73. The van der Waals surface area contributed by atoms with Crippen LogP contribution in [0.3, 0.4) is 0 Å². The van der Waals surface area contributed by atoms with Gasteiger partial charge in [-0.25, -0.2) is 13.8 Å². The van der Waals surface area contributed by atoms with Gasteiger partial charge in [0.1, 0.15) is 5.15 Å². The van der Waals surface area contributed by atoms with Crippen molar-refractivity contribution in [2.75, 3.05) is 0 Å². The molecule has 0 aliphatic rings. The Hall–Kier alpha value is -1.23. The molecule has 1 rings (SSSR count). The van der Waals surface area contributed by atoms with Crippen molar-refractivity contribution >= 4 is 17.6 Å². The van der Waals surface area contributed by atoms with Crippen LogP contribution in [0.1, 0.15) is 17.9 Å². The third-order valence-corrected chi connectivity index (χ3v) is 2.10. The standard InChI is InChI=1S/C9H8ClF2NO2/c10-7-2-1-5(4-13-7)6(9(11)12)3-8(14)15/h1-2,4,6,9H,3H2,(H,14,15). The lowest BCUT2D eigenvalue weighted by Crippen LogP contribution is -2.14. The predicted molar refractivity (Wildman–Crippen MR) is 50.2 cm³/mol. The van der Waals surface area contributed by atoms with Gasteiger partial charge in [-0.15, -0.1) is 0 Å². The van der Waals surface area contributed by atoms with Gasteiger partial charge in [-0.1, -0.05) is 17.7 Å². The highest BCUT2D eigenvalue weighted by Crippen LogP contribution is 2.26. The minimum Gasteiger partial charge on any atom is -0.481 e. The molecule has 1 unspecified atom stereocenters. The van der Waals surface area contributed by atoms with E-state index in [1.807, 2.05) is 0 Å². The molecule has 0 saturated carbocycles. The lowest BCUT2D eigenvalue weighted by atomic mass is 9.98. The zero-order valence-electron chi connectivity index (χ0n) is 7.53. The number of carbonyl (C=O) groups is 1. The van der Waals surface area contributed by atoms with E-state index in [-0.39, 0.29) is 10.7 Å². The van der Waals surface area contributed by atoms with Crippen molar-refractivity contribution in [2.24, 2.45) is 0 Å². The van der Waals surface area contributed by atoms with E-state index in [1.54, 1.807) is 0 Å². The van der Waals surface area contributed by atoms with E-state index < -0.39 is 24.7 Å². The van der Waals surface area contributed by atoms with Crippen LogP contribution in [0.5, 0.6) is 0 Å². The molecule has 6 heteroatoms. The maximum Gasteiger partial charge on any atom is 0.304 e. The van der Waals surface area contributed by atoms with Gasteiger partial charge in [0.2, 0.25) is 6.43 Å². The Morgan fingerprint density at radius 2 is 2.20 bits per heavy atom. The van der Waals surface area contributed by atoms with E-state index in [9.17, 15) is 13.6 Å². The lowest BCUT2D eigenvalue weighted by molar-refractivity contribution is -0.138. The first-order valence-electron chi connectivity index (χ1n) is 4.12. The summed E-state index contributed by atoms with van der Waals surface area (Å²) < 4.78 is 25.0. The second-order valence-corrected chi connectivity index (χ2v) is 3.34. The summed E-state index contributed by atoms with van der Waals surface area (Å²) in [4.78, 5) is 14.0. The molecule has 82 valence electrons. The average Bonchev–Trinajstić information content (AvgIpc) is 2.15. The molecule has 0 bridgehead atoms. The van der Waals surface area contributed by atoms with Crippen LogP contribution in [0.25, 0.3) is 0 Å². The van der Waals surface area contributed by atoms with Crippen LogP contribution in [0, 0.1) is 0 Å². The van der Waals surface area contributed by atoms with E-state index in [4.69, 9.17) is 16.7 Å². The van der Waals surface area contributed by atoms with Crippen LogP contribution in [-0.4, -0.2) is 22.5 Å². The average molecular weight is 236 g/mol. The molecular formula is C9H8ClF2NO2. The molecule has 0 aliphatic heterocycles. The monoisotopic (exact) mass is 235 g/mol. The Kier molecular flexibility index (Phi) is 3.96. The van der Waals surface area contributed by atoms with Crippen molar-refractivity contribution in [2.45, 2.75) is 18.8 Å². The van der Waals surface area contributed by atoms with E-state index in [2.05, 4.69) is 4.98 Å². The highest BCUT2D eigenvalue weighted by atomic mass is 35.5. The Labute approximate surface area is 89.7 Å². The second kappa shape index (κ2) is 5.02. The van der Waals surface area contributed by atoms with E-state index >= 15 is 0 Å². The summed E-state index contributed by atoms with van der Waals surface area (Å²) >= 11 is 5.49. The van der Waals surface area contributed by atoms with Crippen molar-refractivity contribution < 1.29 is 18.7 Å². The number of aliphatic carboxylic acids is 1. The first kappa shape index (κ1) is 11.8. The van der Waals surface area contributed by atoms with Crippen LogP contribution in [0.15, 0.2) is 18.3 Å². The molecular weight excluding hydrogens is 228 g/mol. The molecule has 3 nitrogen and oxygen atoms in total. The smallest absolute Gasteiger partial charge is 0.304 e. The van der Waals surface area contributed by atoms with Gasteiger partial charge in [-0.3, -0.25) is 4.79 Å². The number of rotatable bonds is 4. The maximum absolute atomic E-state index is 12.5. The van der Waals surface area contributed by atoms with Crippen molar-refractivity contribution in [3.63, 3.8) is 0 Å². The Bertz CT molecular complexity index is 342. The van der Waals surface area contributed by atoms with Gasteiger partial charge >= 0.3 is 5.97 Å². The largest absolute Gasteiger partial charge is 0.481 e. The number of carboxylic acid groups (broad SMARTS) is 1. The number of carboxylic acids is 1. The predicted octanol–water partition coefficient (Wildman–Crippen LogP) is 2.56. The van der Waals surface area contributed by atoms with E-state index in [0.29, 0.717) is 0 Å². The molecule has 0 amide bonds. The summed E-state index contributed by atoms with van der Waals surface area (Å²) in [6.07, 6.45) is -2.19. The van der Waals surface area contributed by atoms with Crippen LogP contribution >= 0.6 is 11.6 Å². The fraction of sp³-hybridized carbons (Fsp3) is 0.333.